The summed E-state index contributed by atoms with van der Waals surface area (Å²) in [6, 6.07) is 8.11. The second-order valence-electron chi connectivity index (χ2n) is 7.49. The summed E-state index contributed by atoms with van der Waals surface area (Å²) in [5.74, 6) is 0.303. The van der Waals surface area contributed by atoms with Crippen molar-refractivity contribution in [1.82, 2.24) is 19.4 Å². The van der Waals surface area contributed by atoms with Gasteiger partial charge in [0.25, 0.3) is 0 Å². The van der Waals surface area contributed by atoms with Crippen LogP contribution in [-0.4, -0.2) is 66.7 Å². The maximum atomic E-state index is 12.9. The minimum absolute atomic E-state index is 0.0655. The van der Waals surface area contributed by atoms with Crippen molar-refractivity contribution in [2.24, 2.45) is 0 Å². The summed E-state index contributed by atoms with van der Waals surface area (Å²) in [4.78, 5) is 21.0. The Morgan fingerprint density at radius 1 is 1.21 bits per heavy atom. The molecule has 1 saturated heterocycles. The van der Waals surface area contributed by atoms with E-state index in [2.05, 4.69) is 15.1 Å². The van der Waals surface area contributed by atoms with Crippen LogP contribution in [0.1, 0.15) is 28.2 Å². The van der Waals surface area contributed by atoms with E-state index in [0.29, 0.717) is 43.3 Å². The van der Waals surface area contributed by atoms with Crippen LogP contribution in [0.25, 0.3) is 11.4 Å². The van der Waals surface area contributed by atoms with E-state index in [1.165, 1.54) is 16.4 Å². The van der Waals surface area contributed by atoms with Gasteiger partial charge < -0.3 is 14.0 Å². The molecule has 10 nitrogen and oxygen atoms in total. The first-order valence-electron chi connectivity index (χ1n) is 10.5. The van der Waals surface area contributed by atoms with Crippen molar-refractivity contribution in [1.29, 1.82) is 0 Å². The van der Waals surface area contributed by atoms with E-state index in [1.54, 1.807) is 31.5 Å². The van der Waals surface area contributed by atoms with Crippen molar-refractivity contribution in [3.8, 4) is 11.4 Å². The average molecular weight is 473 g/mol. The zero-order chi connectivity index (χ0) is 23.3. The summed E-state index contributed by atoms with van der Waals surface area (Å²) in [6.45, 7) is 3.14. The first-order chi connectivity index (χ1) is 15.9. The van der Waals surface area contributed by atoms with Crippen LogP contribution in [0.2, 0.25) is 0 Å². The summed E-state index contributed by atoms with van der Waals surface area (Å²) in [7, 11) is -3.70. The van der Waals surface area contributed by atoms with Gasteiger partial charge in [-0.2, -0.15) is 9.29 Å². The molecular weight excluding hydrogens is 448 g/mol. The molecule has 1 aliphatic heterocycles. The van der Waals surface area contributed by atoms with E-state index in [1.807, 2.05) is 6.07 Å². The monoisotopic (exact) mass is 472 g/mol. The number of carbonyl (C=O) groups is 1. The number of hydrogen-bond donors (Lipinski definition) is 0. The fourth-order valence-corrected chi connectivity index (χ4v) is 4.79. The molecule has 1 fully saturated rings. The highest BCUT2D eigenvalue weighted by Crippen LogP contribution is 2.21. The number of nitrogens with zero attached hydrogens (tertiary/aromatic N) is 4. The van der Waals surface area contributed by atoms with Gasteiger partial charge in [-0.1, -0.05) is 11.2 Å². The quantitative estimate of drug-likeness (QED) is 0.358. The van der Waals surface area contributed by atoms with Gasteiger partial charge in [0.05, 0.1) is 30.3 Å². The summed E-state index contributed by atoms with van der Waals surface area (Å²) in [6.07, 6.45) is 4.22. The van der Waals surface area contributed by atoms with Gasteiger partial charge in [-0.3, -0.25) is 4.98 Å². The standard InChI is InChI=1S/C22H24N4O6S/c1-16-6-7-18(33(28,29)26-9-12-30-13-10-26)14-19(16)22(27)31-11-3-5-20-24-21(25-32-20)17-4-2-8-23-15-17/h2,4,6-8,14-15H,3,5,9-13H2,1H3. The number of benzene rings is 1. The molecule has 0 unspecified atom stereocenters. The largest absolute Gasteiger partial charge is 0.462 e. The molecule has 0 amide bonds. The van der Waals surface area contributed by atoms with Crippen LogP contribution >= 0.6 is 0 Å². The number of esters is 1. The lowest BCUT2D eigenvalue weighted by molar-refractivity contribution is 0.0497. The van der Waals surface area contributed by atoms with Crippen LogP contribution < -0.4 is 0 Å². The van der Waals surface area contributed by atoms with Crippen LogP contribution in [0.15, 0.2) is 52.1 Å². The third kappa shape index (κ3) is 5.44. The van der Waals surface area contributed by atoms with Crippen molar-refractivity contribution in [3.63, 3.8) is 0 Å². The second-order valence-corrected chi connectivity index (χ2v) is 9.42. The van der Waals surface area contributed by atoms with Gasteiger partial charge in [0.15, 0.2) is 0 Å². The molecule has 1 aliphatic rings. The third-order valence-corrected chi connectivity index (χ3v) is 7.09. The Morgan fingerprint density at radius 2 is 2.03 bits per heavy atom. The molecule has 0 atom stereocenters. The highest BCUT2D eigenvalue weighted by atomic mass is 32.2. The second kappa shape index (κ2) is 10.2. The molecule has 4 rings (SSSR count). The van der Waals surface area contributed by atoms with Crippen LogP contribution in [0.4, 0.5) is 0 Å². The Balaban J connectivity index is 1.34. The van der Waals surface area contributed by atoms with Gasteiger partial charge in [0.2, 0.25) is 21.7 Å². The molecule has 0 bridgehead atoms. The number of morpholine rings is 1. The molecular formula is C22H24N4O6S. The number of hydrogen-bond acceptors (Lipinski definition) is 9. The van der Waals surface area contributed by atoms with Gasteiger partial charge in [-0.25, -0.2) is 13.2 Å². The topological polar surface area (TPSA) is 125 Å². The van der Waals surface area contributed by atoms with E-state index in [4.69, 9.17) is 14.0 Å². The molecule has 0 aliphatic carbocycles. The fraction of sp³-hybridized carbons (Fsp3) is 0.364. The van der Waals surface area contributed by atoms with E-state index in [9.17, 15) is 13.2 Å². The number of aromatic nitrogens is 3. The Bertz CT molecular complexity index is 1210. The Hall–Kier alpha value is -3.15. The van der Waals surface area contributed by atoms with E-state index in [0.717, 1.165) is 5.56 Å². The van der Waals surface area contributed by atoms with Crippen LogP contribution in [0.5, 0.6) is 0 Å². The van der Waals surface area contributed by atoms with Gasteiger partial charge in [-0.15, -0.1) is 0 Å². The highest BCUT2D eigenvalue weighted by molar-refractivity contribution is 7.89. The van der Waals surface area contributed by atoms with E-state index in [-0.39, 0.29) is 30.2 Å². The van der Waals surface area contributed by atoms with Crippen LogP contribution in [-0.2, 0) is 25.9 Å². The van der Waals surface area contributed by atoms with Crippen molar-refractivity contribution in [2.75, 3.05) is 32.9 Å². The van der Waals surface area contributed by atoms with Gasteiger partial charge in [-0.05, 0) is 43.2 Å². The predicted molar refractivity (Wildman–Crippen MR) is 117 cm³/mol. The summed E-state index contributed by atoms with van der Waals surface area (Å²) in [5.41, 5.74) is 1.61. The maximum Gasteiger partial charge on any atom is 0.338 e. The summed E-state index contributed by atoms with van der Waals surface area (Å²) >= 11 is 0. The van der Waals surface area contributed by atoms with Crippen LogP contribution in [0, 0.1) is 6.92 Å². The van der Waals surface area contributed by atoms with Crippen molar-refractivity contribution >= 4 is 16.0 Å². The average Bonchev–Trinajstić information content (AvgIpc) is 3.32. The Kier molecular flexibility index (Phi) is 7.11. The number of pyridine rings is 1. The summed E-state index contributed by atoms with van der Waals surface area (Å²) < 4.78 is 43.0. The number of aryl methyl sites for hydroxylation is 2. The van der Waals surface area contributed by atoms with E-state index < -0.39 is 16.0 Å². The number of ether oxygens (including phenoxy) is 2. The molecule has 0 N–H and O–H groups in total. The van der Waals surface area contributed by atoms with Gasteiger partial charge in [0, 0.05) is 37.5 Å². The first kappa shape index (κ1) is 23.0. The fourth-order valence-electron chi connectivity index (χ4n) is 3.35. The van der Waals surface area contributed by atoms with E-state index >= 15 is 0 Å². The molecule has 11 heteroatoms. The van der Waals surface area contributed by atoms with Crippen molar-refractivity contribution in [3.05, 3.63) is 59.7 Å². The zero-order valence-electron chi connectivity index (χ0n) is 18.1. The molecule has 2 aromatic heterocycles. The highest BCUT2D eigenvalue weighted by Gasteiger charge is 2.27. The molecule has 3 heterocycles. The Morgan fingerprint density at radius 3 is 2.79 bits per heavy atom. The van der Waals surface area contributed by atoms with Gasteiger partial charge >= 0.3 is 5.97 Å². The number of rotatable bonds is 8. The Labute approximate surface area is 191 Å². The number of sulfonamides is 1. The van der Waals surface area contributed by atoms with Gasteiger partial charge in [0.1, 0.15) is 0 Å². The molecule has 33 heavy (non-hydrogen) atoms. The first-order valence-corrected chi connectivity index (χ1v) is 12.0. The predicted octanol–water partition coefficient (Wildman–Crippen LogP) is 2.25. The smallest absolute Gasteiger partial charge is 0.338 e. The zero-order valence-corrected chi connectivity index (χ0v) is 19.0. The molecule has 0 spiro atoms. The maximum absolute atomic E-state index is 12.9. The normalized spacial score (nSPS) is 14.8. The van der Waals surface area contributed by atoms with Crippen molar-refractivity contribution < 1.29 is 27.2 Å². The van der Waals surface area contributed by atoms with Crippen molar-refractivity contribution in [2.45, 2.75) is 24.7 Å². The molecule has 0 radical (unpaired) electrons. The molecule has 1 aromatic carbocycles. The van der Waals surface area contributed by atoms with Crippen LogP contribution in [0.3, 0.4) is 0 Å². The molecule has 174 valence electrons. The minimum atomic E-state index is -3.70. The minimum Gasteiger partial charge on any atom is -0.462 e. The molecule has 3 aromatic rings. The summed E-state index contributed by atoms with van der Waals surface area (Å²) in [5, 5.41) is 3.93. The lowest BCUT2D eigenvalue weighted by Gasteiger charge is -2.26. The third-order valence-electron chi connectivity index (χ3n) is 5.19. The lowest BCUT2D eigenvalue weighted by atomic mass is 10.1. The SMILES string of the molecule is Cc1ccc(S(=O)(=O)N2CCOCC2)cc1C(=O)OCCCc1nc(-c2cccnc2)no1. The number of carbonyl (C=O) groups excluding carboxylic acids is 1. The molecule has 0 saturated carbocycles. The lowest BCUT2D eigenvalue weighted by Crippen LogP contribution is -2.40.